The first kappa shape index (κ1) is 41.5. The quantitative estimate of drug-likeness (QED) is 0.157. The average molecular weight is 882 g/mol. The highest BCUT2D eigenvalue weighted by Gasteiger charge is 2.39. The van der Waals surface area contributed by atoms with Gasteiger partial charge in [-0.05, 0) is 66.1 Å². The molecule has 16 nitrogen and oxygen atoms in total. The number of anilines is 3. The lowest BCUT2D eigenvalue weighted by molar-refractivity contribution is -0.136. The van der Waals surface area contributed by atoms with Crippen molar-refractivity contribution in [2.45, 2.75) is 32.0 Å². The van der Waals surface area contributed by atoms with Crippen LogP contribution in [0, 0.1) is 17.6 Å². The van der Waals surface area contributed by atoms with Crippen LogP contribution in [-0.4, -0.2) is 112 Å². The van der Waals surface area contributed by atoms with Crippen molar-refractivity contribution >= 4 is 51.9 Å². The van der Waals surface area contributed by atoms with Gasteiger partial charge in [-0.3, -0.25) is 29.4 Å². The molecular formula is C47H45F2N11O5. The van der Waals surface area contributed by atoms with Crippen LogP contribution in [0.2, 0.25) is 0 Å². The predicted octanol–water partition coefficient (Wildman–Crippen LogP) is 4.30. The molecule has 1 atom stereocenters. The minimum atomic E-state index is -0.637. The van der Waals surface area contributed by atoms with Crippen LogP contribution in [0.3, 0.4) is 0 Å². The second-order valence-corrected chi connectivity index (χ2v) is 16.9. The van der Waals surface area contributed by atoms with Crippen molar-refractivity contribution in [3.05, 3.63) is 119 Å². The Bertz CT molecular complexity index is 2880. The van der Waals surface area contributed by atoms with E-state index in [-0.39, 0.29) is 47.7 Å². The number of aromatic nitrogens is 4. The highest BCUT2D eigenvalue weighted by atomic mass is 19.1. The van der Waals surface area contributed by atoms with E-state index in [0.717, 1.165) is 68.7 Å². The maximum atomic E-state index is 15.9. The third-order valence-electron chi connectivity index (χ3n) is 12.8. The van der Waals surface area contributed by atoms with Gasteiger partial charge in [-0.1, -0.05) is 24.3 Å². The first-order chi connectivity index (χ1) is 31.5. The predicted molar refractivity (Wildman–Crippen MR) is 237 cm³/mol. The van der Waals surface area contributed by atoms with Crippen LogP contribution >= 0.6 is 0 Å². The number of imide groups is 1. The fourth-order valence-corrected chi connectivity index (χ4v) is 9.35. The van der Waals surface area contributed by atoms with E-state index in [1.54, 1.807) is 15.6 Å². The molecule has 4 N–H and O–H groups in total. The van der Waals surface area contributed by atoms with Crippen LogP contribution in [0.1, 0.15) is 44.7 Å². The van der Waals surface area contributed by atoms with Gasteiger partial charge in [-0.2, -0.15) is 5.10 Å². The number of fused-ring (bicyclic) bond motifs is 2. The van der Waals surface area contributed by atoms with E-state index in [2.05, 4.69) is 41.4 Å². The van der Waals surface area contributed by atoms with Gasteiger partial charge in [0, 0.05) is 94.1 Å². The summed E-state index contributed by atoms with van der Waals surface area (Å²) in [5.41, 5.74) is 12.4. The molecule has 3 fully saturated rings. The molecule has 6 aromatic rings. The lowest BCUT2D eigenvalue weighted by Gasteiger charge is -2.45. The largest absolute Gasteiger partial charge is 0.496 e. The van der Waals surface area contributed by atoms with E-state index in [4.69, 9.17) is 15.6 Å². The van der Waals surface area contributed by atoms with Crippen molar-refractivity contribution in [3.63, 3.8) is 0 Å². The molecule has 0 bridgehead atoms. The summed E-state index contributed by atoms with van der Waals surface area (Å²) in [6.45, 7) is 6.32. The molecule has 332 valence electrons. The van der Waals surface area contributed by atoms with Crippen molar-refractivity contribution in [1.82, 2.24) is 40.2 Å². The van der Waals surface area contributed by atoms with Crippen LogP contribution in [0.5, 0.6) is 5.75 Å². The Morgan fingerprint density at radius 3 is 2.45 bits per heavy atom. The lowest BCUT2D eigenvalue weighted by atomic mass is 9.97. The van der Waals surface area contributed by atoms with Crippen LogP contribution in [0.4, 0.5) is 26.0 Å². The number of carbonyl (C=O) groups excluding carboxylic acids is 4. The first-order valence-corrected chi connectivity index (χ1v) is 21.5. The number of ether oxygens (including phenoxy) is 1. The number of carbonyl (C=O) groups is 4. The standard InChI is InChI=1S/C47H45F2N11O5/c1-65-39-12-6-31(48)19-35(39)45(62)51-21-27-2-4-29(5-3-27)42-41-43(50)52-26-53-44(41)60(55-42)33-8-10-37(36(49)20-33)58-23-28(24-58)22-56-14-16-57(17-15-56)32-7-9-34-30(18-32)25-59(47(34)64)38-11-13-40(61)54-46(38)63/h2-10,12,18-20,26,28,38H,11,13-17,21-25H2,1H3,(H,51,62)(H2,50,52,53)(H,54,61,63). The number of nitrogens with two attached hydrogens (primary N) is 1. The van der Waals surface area contributed by atoms with Crippen molar-refractivity contribution in [1.29, 1.82) is 0 Å². The van der Waals surface area contributed by atoms with Crippen LogP contribution in [-0.2, 0) is 22.7 Å². The summed E-state index contributed by atoms with van der Waals surface area (Å²) in [7, 11) is 1.42. The summed E-state index contributed by atoms with van der Waals surface area (Å²) in [6, 6.07) is 21.4. The van der Waals surface area contributed by atoms with E-state index in [9.17, 15) is 23.6 Å². The number of benzene rings is 4. The zero-order valence-electron chi connectivity index (χ0n) is 35.5. The number of hydrogen-bond acceptors (Lipinski definition) is 12. The summed E-state index contributed by atoms with van der Waals surface area (Å²) >= 11 is 0. The molecule has 0 aliphatic carbocycles. The van der Waals surface area contributed by atoms with Crippen LogP contribution < -0.4 is 30.9 Å². The highest BCUT2D eigenvalue weighted by molar-refractivity contribution is 6.05. The zero-order chi connectivity index (χ0) is 44.9. The molecule has 0 spiro atoms. The molecule has 0 saturated carbocycles. The SMILES string of the molecule is COc1ccc(F)cc1C(=O)NCc1ccc(-c2nn(-c3ccc(N4CC(CN5CCN(c6ccc7c(c6)CN(C6CCC(=O)NC6=O)C7=O)CC5)C4)c(F)c3)c3ncnc(N)c23)cc1. The van der Waals surface area contributed by atoms with Crippen molar-refractivity contribution in [2.75, 3.05) is 68.5 Å². The molecule has 4 aliphatic heterocycles. The first-order valence-electron chi connectivity index (χ1n) is 21.5. The van der Waals surface area contributed by atoms with Gasteiger partial charge in [0.05, 0.1) is 29.4 Å². The zero-order valence-corrected chi connectivity index (χ0v) is 35.5. The summed E-state index contributed by atoms with van der Waals surface area (Å²) in [5.74, 6) is -1.40. The average Bonchev–Trinajstić information content (AvgIpc) is 3.85. The van der Waals surface area contributed by atoms with Crippen LogP contribution in [0.25, 0.3) is 28.0 Å². The van der Waals surface area contributed by atoms with Gasteiger partial charge in [0.1, 0.15) is 41.3 Å². The normalized spacial score (nSPS) is 17.9. The molecule has 18 heteroatoms. The van der Waals surface area contributed by atoms with E-state index in [0.29, 0.717) is 58.1 Å². The maximum Gasteiger partial charge on any atom is 0.255 e. The number of hydrogen-bond donors (Lipinski definition) is 3. The second kappa shape index (κ2) is 16.9. The minimum absolute atomic E-state index is 0.0943. The Labute approximate surface area is 372 Å². The van der Waals surface area contributed by atoms with E-state index < -0.39 is 23.7 Å². The number of nitrogen functional groups attached to an aromatic ring is 1. The molecular weight excluding hydrogens is 837 g/mol. The number of piperazine rings is 1. The number of nitrogens with one attached hydrogen (secondary N) is 2. The molecule has 4 amide bonds. The molecule has 10 rings (SSSR count). The van der Waals surface area contributed by atoms with Gasteiger partial charge in [0.25, 0.3) is 11.8 Å². The molecule has 4 aromatic carbocycles. The summed E-state index contributed by atoms with van der Waals surface area (Å²) in [5, 5.41) is 10.5. The Kier molecular flexibility index (Phi) is 10.8. The molecule has 0 radical (unpaired) electrons. The van der Waals surface area contributed by atoms with Crippen molar-refractivity contribution in [2.24, 2.45) is 5.92 Å². The van der Waals surface area contributed by atoms with Gasteiger partial charge in [0.2, 0.25) is 11.8 Å². The molecule has 1 unspecified atom stereocenters. The molecule has 6 heterocycles. The monoisotopic (exact) mass is 881 g/mol. The summed E-state index contributed by atoms with van der Waals surface area (Å²) < 4.78 is 36.6. The van der Waals surface area contributed by atoms with E-state index in [1.807, 2.05) is 42.5 Å². The minimum Gasteiger partial charge on any atom is -0.496 e. The van der Waals surface area contributed by atoms with E-state index in [1.165, 1.54) is 31.6 Å². The molecule has 2 aromatic heterocycles. The molecule has 65 heavy (non-hydrogen) atoms. The maximum absolute atomic E-state index is 15.9. The number of nitrogens with zero attached hydrogens (tertiary/aromatic N) is 8. The van der Waals surface area contributed by atoms with E-state index >= 15 is 4.39 Å². The van der Waals surface area contributed by atoms with Crippen molar-refractivity contribution in [3.8, 4) is 22.7 Å². The Morgan fingerprint density at radius 2 is 1.69 bits per heavy atom. The van der Waals surface area contributed by atoms with Gasteiger partial charge < -0.3 is 30.5 Å². The van der Waals surface area contributed by atoms with Gasteiger partial charge in [-0.15, -0.1) is 0 Å². The Balaban J connectivity index is 0.746. The Morgan fingerprint density at radius 1 is 0.908 bits per heavy atom. The lowest BCUT2D eigenvalue weighted by Crippen LogP contribution is -2.55. The smallest absolute Gasteiger partial charge is 0.255 e. The topological polar surface area (TPSA) is 184 Å². The van der Waals surface area contributed by atoms with Gasteiger partial charge >= 0.3 is 0 Å². The molecule has 3 saturated heterocycles. The second-order valence-electron chi connectivity index (χ2n) is 16.9. The fourth-order valence-electron chi connectivity index (χ4n) is 9.35. The number of methoxy groups -OCH3 is 1. The van der Waals surface area contributed by atoms with Gasteiger partial charge in [-0.25, -0.2) is 23.4 Å². The van der Waals surface area contributed by atoms with Crippen LogP contribution in [0.15, 0.2) is 85.2 Å². The summed E-state index contributed by atoms with van der Waals surface area (Å²) in [6.07, 6.45) is 1.91. The molecule has 4 aliphatic rings. The number of piperidine rings is 1. The summed E-state index contributed by atoms with van der Waals surface area (Å²) in [4.78, 5) is 67.2. The fraction of sp³-hybridized carbons (Fsp3) is 0.298. The number of rotatable bonds is 11. The Hall–Kier alpha value is -7.47. The highest BCUT2D eigenvalue weighted by Crippen LogP contribution is 2.35. The number of amides is 4. The third-order valence-corrected chi connectivity index (χ3v) is 12.8. The number of halogens is 2. The third kappa shape index (κ3) is 7.94. The van der Waals surface area contributed by atoms with Gasteiger partial charge in [0.15, 0.2) is 5.65 Å². The van der Waals surface area contributed by atoms with Crippen molar-refractivity contribution < 1.29 is 32.7 Å².